The second kappa shape index (κ2) is 3.10. The average molecular weight is 173 g/mol. The molecule has 1 N–H and O–H groups in total. The standard InChI is InChI=1S/C8H9F2NO/c1-2-8(5-6(9)10)4-3-7(12)11-8/h1,6H,3-5H2,(H,11,12). The number of hydrogen-bond donors (Lipinski definition) is 1. The van der Waals surface area contributed by atoms with Gasteiger partial charge in [-0.2, -0.15) is 0 Å². The van der Waals surface area contributed by atoms with Crippen molar-refractivity contribution in [3.8, 4) is 12.3 Å². The van der Waals surface area contributed by atoms with Crippen LogP contribution in [0.2, 0.25) is 0 Å². The molecule has 1 fully saturated rings. The van der Waals surface area contributed by atoms with Gasteiger partial charge in [-0.25, -0.2) is 8.78 Å². The molecule has 0 saturated carbocycles. The van der Waals surface area contributed by atoms with Crippen molar-refractivity contribution in [3.05, 3.63) is 0 Å². The maximum absolute atomic E-state index is 12.0. The highest BCUT2D eigenvalue weighted by molar-refractivity contribution is 5.80. The Morgan fingerprint density at radius 3 is 2.75 bits per heavy atom. The van der Waals surface area contributed by atoms with Crippen molar-refractivity contribution in [2.45, 2.75) is 31.2 Å². The molecule has 1 saturated heterocycles. The maximum atomic E-state index is 12.0. The Kier molecular flexibility index (Phi) is 2.32. The van der Waals surface area contributed by atoms with Crippen LogP contribution < -0.4 is 5.32 Å². The third-order valence-corrected chi connectivity index (χ3v) is 1.94. The minimum Gasteiger partial charge on any atom is -0.340 e. The minimum atomic E-state index is -2.47. The van der Waals surface area contributed by atoms with E-state index in [0.717, 1.165) is 0 Å². The zero-order chi connectivity index (χ0) is 9.19. The van der Waals surface area contributed by atoms with Gasteiger partial charge in [0.25, 0.3) is 0 Å². The summed E-state index contributed by atoms with van der Waals surface area (Å²) in [6.07, 6.45) is 2.72. The van der Waals surface area contributed by atoms with Gasteiger partial charge in [-0.1, -0.05) is 5.92 Å². The molecule has 0 aromatic carbocycles. The first-order valence-corrected chi connectivity index (χ1v) is 3.65. The van der Waals surface area contributed by atoms with E-state index in [2.05, 4.69) is 11.2 Å². The summed E-state index contributed by atoms with van der Waals surface area (Å²) in [6.45, 7) is 0. The topological polar surface area (TPSA) is 29.1 Å². The van der Waals surface area contributed by atoms with Gasteiger partial charge >= 0.3 is 0 Å². The van der Waals surface area contributed by atoms with Crippen molar-refractivity contribution in [2.24, 2.45) is 0 Å². The number of carbonyl (C=O) groups excluding carboxylic acids is 1. The van der Waals surface area contributed by atoms with Crippen molar-refractivity contribution >= 4 is 5.91 Å². The quantitative estimate of drug-likeness (QED) is 0.618. The molecular formula is C8H9F2NO. The molecule has 0 bridgehead atoms. The second-order valence-electron chi connectivity index (χ2n) is 2.87. The number of carbonyl (C=O) groups is 1. The van der Waals surface area contributed by atoms with E-state index in [1.54, 1.807) is 0 Å². The van der Waals surface area contributed by atoms with E-state index < -0.39 is 18.4 Å². The molecule has 0 radical (unpaired) electrons. The number of nitrogens with one attached hydrogen (secondary N) is 1. The molecule has 1 aliphatic rings. The maximum Gasteiger partial charge on any atom is 0.241 e. The number of halogens is 2. The highest BCUT2D eigenvalue weighted by Gasteiger charge is 2.38. The lowest BCUT2D eigenvalue weighted by molar-refractivity contribution is -0.119. The SMILES string of the molecule is C#CC1(CC(F)F)CCC(=O)N1. The van der Waals surface area contributed by atoms with Crippen LogP contribution in [0.25, 0.3) is 0 Å². The fraction of sp³-hybridized carbons (Fsp3) is 0.625. The van der Waals surface area contributed by atoms with Crippen LogP contribution in [0, 0.1) is 12.3 Å². The highest BCUT2D eigenvalue weighted by atomic mass is 19.3. The van der Waals surface area contributed by atoms with Crippen molar-refractivity contribution < 1.29 is 13.6 Å². The van der Waals surface area contributed by atoms with Gasteiger partial charge in [-0.3, -0.25) is 4.79 Å². The van der Waals surface area contributed by atoms with Crippen LogP contribution in [-0.4, -0.2) is 17.9 Å². The molecule has 1 atom stereocenters. The summed E-state index contributed by atoms with van der Waals surface area (Å²) in [5.74, 6) is 1.99. The summed E-state index contributed by atoms with van der Waals surface area (Å²) in [5.41, 5.74) is -1.09. The van der Waals surface area contributed by atoms with Crippen LogP contribution in [-0.2, 0) is 4.79 Å². The van der Waals surface area contributed by atoms with Gasteiger partial charge in [0.1, 0.15) is 5.54 Å². The summed E-state index contributed by atoms with van der Waals surface area (Å²) in [4.78, 5) is 10.7. The molecule has 1 heterocycles. The third kappa shape index (κ3) is 1.73. The summed E-state index contributed by atoms with van der Waals surface area (Å²) in [6, 6.07) is 0. The molecule has 4 heteroatoms. The summed E-state index contributed by atoms with van der Waals surface area (Å²) in [7, 11) is 0. The fourth-order valence-corrected chi connectivity index (χ4v) is 1.30. The van der Waals surface area contributed by atoms with Gasteiger partial charge in [-0.05, 0) is 6.42 Å². The highest BCUT2D eigenvalue weighted by Crippen LogP contribution is 2.25. The normalized spacial score (nSPS) is 28.7. The van der Waals surface area contributed by atoms with Crippen molar-refractivity contribution in [2.75, 3.05) is 0 Å². The monoisotopic (exact) mass is 173 g/mol. The van der Waals surface area contributed by atoms with Crippen molar-refractivity contribution in [1.29, 1.82) is 0 Å². The first kappa shape index (κ1) is 8.98. The lowest BCUT2D eigenvalue weighted by atomic mass is 9.95. The van der Waals surface area contributed by atoms with E-state index >= 15 is 0 Å². The molecule has 1 amide bonds. The van der Waals surface area contributed by atoms with Gasteiger partial charge in [0, 0.05) is 12.8 Å². The van der Waals surface area contributed by atoms with Gasteiger partial charge < -0.3 is 5.32 Å². The lowest BCUT2D eigenvalue weighted by Crippen LogP contribution is -2.41. The number of amides is 1. The summed E-state index contributed by atoms with van der Waals surface area (Å²) >= 11 is 0. The third-order valence-electron chi connectivity index (χ3n) is 1.94. The molecule has 1 aliphatic heterocycles. The summed E-state index contributed by atoms with van der Waals surface area (Å²) in [5, 5.41) is 2.39. The van der Waals surface area contributed by atoms with Crippen molar-refractivity contribution in [3.63, 3.8) is 0 Å². The Bertz CT molecular complexity index is 234. The van der Waals surface area contributed by atoms with E-state index in [4.69, 9.17) is 6.42 Å². The Hall–Kier alpha value is -1.11. The van der Waals surface area contributed by atoms with Crippen LogP contribution in [0.1, 0.15) is 19.3 Å². The molecule has 0 aromatic heterocycles. The Balaban J connectivity index is 2.66. The second-order valence-corrected chi connectivity index (χ2v) is 2.87. The predicted octanol–water partition coefficient (Wildman–Crippen LogP) is 0.924. The molecule has 12 heavy (non-hydrogen) atoms. The van der Waals surface area contributed by atoms with E-state index in [1.807, 2.05) is 0 Å². The van der Waals surface area contributed by atoms with Crippen molar-refractivity contribution in [1.82, 2.24) is 5.32 Å². The van der Waals surface area contributed by atoms with E-state index in [-0.39, 0.29) is 12.3 Å². The molecule has 0 aliphatic carbocycles. The van der Waals surface area contributed by atoms with E-state index in [9.17, 15) is 13.6 Å². The molecular weight excluding hydrogens is 164 g/mol. The van der Waals surface area contributed by atoms with Gasteiger partial charge in [0.05, 0.1) is 0 Å². The first-order chi connectivity index (χ1) is 5.58. The van der Waals surface area contributed by atoms with E-state index in [1.165, 1.54) is 0 Å². The van der Waals surface area contributed by atoms with Crippen LogP contribution in [0.5, 0.6) is 0 Å². The average Bonchev–Trinajstić information content (AvgIpc) is 2.32. The lowest BCUT2D eigenvalue weighted by Gasteiger charge is -2.21. The van der Waals surface area contributed by atoms with Crippen LogP contribution in [0.4, 0.5) is 8.78 Å². The zero-order valence-corrected chi connectivity index (χ0v) is 6.44. The predicted molar refractivity (Wildman–Crippen MR) is 39.6 cm³/mol. The smallest absolute Gasteiger partial charge is 0.241 e. The molecule has 1 unspecified atom stereocenters. The van der Waals surface area contributed by atoms with Crippen LogP contribution in [0.15, 0.2) is 0 Å². The first-order valence-electron chi connectivity index (χ1n) is 3.65. The number of rotatable bonds is 2. The fourth-order valence-electron chi connectivity index (χ4n) is 1.30. The molecule has 66 valence electrons. The largest absolute Gasteiger partial charge is 0.340 e. The Morgan fingerprint density at radius 1 is 1.75 bits per heavy atom. The summed E-state index contributed by atoms with van der Waals surface area (Å²) < 4.78 is 24.0. The number of terminal acetylenes is 1. The van der Waals surface area contributed by atoms with Crippen LogP contribution in [0.3, 0.4) is 0 Å². The number of alkyl halides is 2. The Labute approximate surface area is 69.3 Å². The van der Waals surface area contributed by atoms with Crippen LogP contribution >= 0.6 is 0 Å². The van der Waals surface area contributed by atoms with Gasteiger partial charge in [-0.15, -0.1) is 6.42 Å². The molecule has 0 spiro atoms. The minimum absolute atomic E-state index is 0.242. The Morgan fingerprint density at radius 2 is 2.42 bits per heavy atom. The zero-order valence-electron chi connectivity index (χ0n) is 6.44. The number of hydrogen-bond acceptors (Lipinski definition) is 1. The van der Waals surface area contributed by atoms with Gasteiger partial charge in [0.2, 0.25) is 12.3 Å². The molecule has 2 nitrogen and oxygen atoms in total. The van der Waals surface area contributed by atoms with E-state index in [0.29, 0.717) is 6.42 Å². The van der Waals surface area contributed by atoms with Gasteiger partial charge in [0.15, 0.2) is 0 Å². The molecule has 0 aromatic rings. The molecule has 1 rings (SSSR count).